The molecule has 0 saturated carbocycles. The Morgan fingerprint density at radius 2 is 1.57 bits per heavy atom. The molecule has 44 heavy (non-hydrogen) atoms. The second kappa shape index (κ2) is 14.7. The lowest BCUT2D eigenvalue weighted by Crippen LogP contribution is -2.51. The van der Waals surface area contributed by atoms with E-state index in [2.05, 4.69) is 16.0 Å². The smallest absolute Gasteiger partial charge is 0.289 e. The molecule has 226 valence electrons. The lowest BCUT2D eigenvalue weighted by atomic mass is 9.88. The summed E-state index contributed by atoms with van der Waals surface area (Å²) in [6.45, 7) is 0.702. The topological polar surface area (TPSA) is 121 Å². The summed E-state index contributed by atoms with van der Waals surface area (Å²) >= 11 is 1.38. The van der Waals surface area contributed by atoms with Crippen LogP contribution < -0.4 is 16.0 Å². The van der Waals surface area contributed by atoms with Crippen molar-refractivity contribution in [1.29, 1.82) is 0 Å². The summed E-state index contributed by atoms with van der Waals surface area (Å²) in [5.41, 5.74) is 1.69. The number of thiophene rings is 1. The van der Waals surface area contributed by atoms with Crippen LogP contribution in [-0.4, -0.2) is 41.9 Å². The molecule has 3 amide bonds. The maximum atomic E-state index is 13.9. The third kappa shape index (κ3) is 8.05. The van der Waals surface area contributed by atoms with Gasteiger partial charge in [-0.1, -0.05) is 78.9 Å². The molecule has 0 spiro atoms. The van der Waals surface area contributed by atoms with Gasteiger partial charge in [0.1, 0.15) is 0 Å². The van der Waals surface area contributed by atoms with Crippen molar-refractivity contribution in [3.63, 3.8) is 0 Å². The average Bonchev–Trinajstić information content (AvgIpc) is 3.49. The van der Waals surface area contributed by atoms with Crippen LogP contribution in [0.1, 0.15) is 46.5 Å². The van der Waals surface area contributed by atoms with Crippen molar-refractivity contribution in [1.82, 2.24) is 16.0 Å². The fourth-order valence-corrected chi connectivity index (χ4v) is 6.50. The van der Waals surface area contributed by atoms with Gasteiger partial charge in [-0.15, -0.1) is 11.3 Å². The van der Waals surface area contributed by atoms with Crippen LogP contribution in [0.25, 0.3) is 10.1 Å². The molecular formula is C35H35N3O5S. The van der Waals surface area contributed by atoms with Gasteiger partial charge in [-0.25, -0.2) is 0 Å². The number of rotatable bonds is 13. The normalized spacial score (nSPS) is 16.0. The summed E-state index contributed by atoms with van der Waals surface area (Å²) < 4.78 is 0.984. The molecule has 9 heteroatoms. The highest BCUT2D eigenvalue weighted by atomic mass is 32.1. The number of carbonyl (C=O) groups excluding carboxylic acids is 5. The number of fused-ring (bicyclic) bond motifs is 1. The van der Waals surface area contributed by atoms with Crippen molar-refractivity contribution in [2.24, 2.45) is 11.8 Å². The van der Waals surface area contributed by atoms with Gasteiger partial charge in [0.15, 0.2) is 5.78 Å². The summed E-state index contributed by atoms with van der Waals surface area (Å²) in [6, 6.07) is 26.9. The Bertz CT molecular complexity index is 1600. The van der Waals surface area contributed by atoms with Crippen molar-refractivity contribution in [2.75, 3.05) is 6.54 Å². The van der Waals surface area contributed by atoms with Crippen molar-refractivity contribution in [3.05, 3.63) is 107 Å². The molecule has 2 heterocycles. The maximum Gasteiger partial charge on any atom is 0.289 e. The maximum absolute atomic E-state index is 13.9. The van der Waals surface area contributed by atoms with Crippen LogP contribution in [0, 0.1) is 11.8 Å². The molecule has 0 aliphatic carbocycles. The predicted octanol–water partition coefficient (Wildman–Crippen LogP) is 4.62. The molecule has 3 aromatic carbocycles. The van der Waals surface area contributed by atoms with E-state index in [0.717, 1.165) is 27.6 Å². The van der Waals surface area contributed by atoms with Crippen LogP contribution >= 0.6 is 11.3 Å². The minimum Gasteiger partial charge on any atom is -0.356 e. The number of hydrogen-bond acceptors (Lipinski definition) is 6. The van der Waals surface area contributed by atoms with E-state index >= 15 is 0 Å². The van der Waals surface area contributed by atoms with E-state index in [-0.39, 0.29) is 37.5 Å². The molecule has 5 rings (SSSR count). The first kappa shape index (κ1) is 30.8. The lowest BCUT2D eigenvalue weighted by Gasteiger charge is -2.27. The zero-order chi connectivity index (χ0) is 30.9. The fourth-order valence-electron chi connectivity index (χ4n) is 5.49. The Labute approximate surface area is 260 Å². The van der Waals surface area contributed by atoms with Gasteiger partial charge in [-0.05, 0) is 54.3 Å². The van der Waals surface area contributed by atoms with Gasteiger partial charge < -0.3 is 16.0 Å². The van der Waals surface area contributed by atoms with Gasteiger partial charge in [0.25, 0.3) is 5.91 Å². The summed E-state index contributed by atoms with van der Waals surface area (Å²) in [5.74, 6) is -3.84. The van der Waals surface area contributed by atoms with E-state index in [9.17, 15) is 24.0 Å². The summed E-state index contributed by atoms with van der Waals surface area (Å²) in [7, 11) is 0. The predicted molar refractivity (Wildman–Crippen MR) is 170 cm³/mol. The highest BCUT2D eigenvalue weighted by molar-refractivity contribution is 7.20. The van der Waals surface area contributed by atoms with E-state index < -0.39 is 35.5 Å². The van der Waals surface area contributed by atoms with Crippen LogP contribution in [0.4, 0.5) is 0 Å². The number of Topliss-reactive ketones (excluding diaryl/α,β-unsaturated/α-hetero) is 2. The van der Waals surface area contributed by atoms with Crippen LogP contribution in [0.2, 0.25) is 0 Å². The number of ketones is 2. The summed E-state index contributed by atoms with van der Waals surface area (Å²) in [6.07, 6.45) is 1.49. The second-order valence-corrected chi connectivity index (χ2v) is 12.2. The molecule has 1 fully saturated rings. The van der Waals surface area contributed by atoms with E-state index in [1.807, 2.05) is 91.0 Å². The molecule has 0 radical (unpaired) electrons. The van der Waals surface area contributed by atoms with Crippen LogP contribution in [0.15, 0.2) is 91.0 Å². The van der Waals surface area contributed by atoms with Gasteiger partial charge in [-0.2, -0.15) is 0 Å². The van der Waals surface area contributed by atoms with Gasteiger partial charge in [0, 0.05) is 36.0 Å². The van der Waals surface area contributed by atoms with Gasteiger partial charge in [-0.3, -0.25) is 24.0 Å². The van der Waals surface area contributed by atoms with Gasteiger partial charge >= 0.3 is 0 Å². The third-order valence-corrected chi connectivity index (χ3v) is 9.06. The molecule has 3 atom stereocenters. The van der Waals surface area contributed by atoms with Crippen LogP contribution in [0.3, 0.4) is 0 Å². The highest BCUT2D eigenvalue weighted by Crippen LogP contribution is 2.28. The SMILES string of the molecule is O=C(NCc1ccccc1)C(=O)[C@H](C[C@@H]1CCCNC1=O)NC(=O)[C@@H](CC(=O)c1cc2ccccc2s1)Cc1ccccc1. The molecule has 1 saturated heterocycles. The molecule has 1 aliphatic rings. The van der Waals surface area contributed by atoms with Crippen molar-refractivity contribution < 1.29 is 24.0 Å². The monoisotopic (exact) mass is 609 g/mol. The Balaban J connectivity index is 1.35. The molecule has 0 unspecified atom stereocenters. The van der Waals surface area contributed by atoms with E-state index in [1.165, 1.54) is 11.3 Å². The molecule has 4 aromatic rings. The fraction of sp³-hybridized carbons (Fsp3) is 0.286. The number of hydrogen-bond donors (Lipinski definition) is 3. The molecule has 1 aliphatic heterocycles. The first-order valence-electron chi connectivity index (χ1n) is 14.9. The van der Waals surface area contributed by atoms with E-state index in [4.69, 9.17) is 0 Å². The van der Waals surface area contributed by atoms with Crippen molar-refractivity contribution in [3.8, 4) is 0 Å². The Hall–Kier alpha value is -4.63. The quantitative estimate of drug-likeness (QED) is 0.151. The Morgan fingerprint density at radius 1 is 0.886 bits per heavy atom. The Kier molecular flexibility index (Phi) is 10.3. The largest absolute Gasteiger partial charge is 0.356 e. The molecule has 1 aromatic heterocycles. The minimum atomic E-state index is -1.22. The minimum absolute atomic E-state index is 0.00250. The Morgan fingerprint density at radius 3 is 2.27 bits per heavy atom. The van der Waals surface area contributed by atoms with E-state index in [1.54, 1.807) is 0 Å². The van der Waals surface area contributed by atoms with Crippen LogP contribution in [0.5, 0.6) is 0 Å². The zero-order valence-corrected chi connectivity index (χ0v) is 25.1. The number of benzene rings is 3. The molecule has 3 N–H and O–H groups in total. The number of piperidine rings is 1. The summed E-state index contributed by atoms with van der Waals surface area (Å²) in [4.78, 5) is 67.0. The lowest BCUT2D eigenvalue weighted by molar-refractivity contribution is -0.141. The zero-order valence-electron chi connectivity index (χ0n) is 24.3. The molecular weight excluding hydrogens is 574 g/mol. The average molecular weight is 610 g/mol. The number of carbonyl (C=O) groups is 5. The molecule has 0 bridgehead atoms. The van der Waals surface area contributed by atoms with E-state index in [0.29, 0.717) is 17.8 Å². The summed E-state index contributed by atoms with van der Waals surface area (Å²) in [5, 5.41) is 9.20. The van der Waals surface area contributed by atoms with Crippen molar-refractivity contribution in [2.45, 2.75) is 44.7 Å². The van der Waals surface area contributed by atoms with Crippen molar-refractivity contribution >= 4 is 50.7 Å². The number of amides is 3. The van der Waals surface area contributed by atoms with Crippen LogP contribution in [-0.2, 0) is 32.1 Å². The highest BCUT2D eigenvalue weighted by Gasteiger charge is 2.35. The first-order chi connectivity index (χ1) is 21.4. The number of nitrogens with one attached hydrogen (secondary N) is 3. The van der Waals surface area contributed by atoms with Gasteiger partial charge in [0.2, 0.25) is 17.6 Å². The molecule has 8 nitrogen and oxygen atoms in total. The third-order valence-electron chi connectivity index (χ3n) is 7.90. The second-order valence-electron chi connectivity index (χ2n) is 11.1. The standard InChI is InChI=1S/C35H35N3O5S/c39-29(31-21-25-14-7-8-16-30(25)44-31)20-27(18-23-10-3-1-4-11-23)34(42)38-28(19-26-15-9-17-36-33(26)41)32(40)35(43)37-22-24-12-5-2-6-13-24/h1-8,10-14,16,21,26-28H,9,15,17-20,22H2,(H,36,41)(H,37,43)(H,38,42)/t26-,27+,28-/m0/s1. The van der Waals surface area contributed by atoms with Gasteiger partial charge in [0.05, 0.1) is 10.9 Å². The first-order valence-corrected chi connectivity index (χ1v) is 15.7.